The molecule has 17 heavy (non-hydrogen) atoms. The molecule has 1 aromatic rings. The first-order chi connectivity index (χ1) is 8.27. The molecule has 1 N–H and O–H groups in total. The normalized spacial score (nSPS) is 19.1. The van der Waals surface area contributed by atoms with E-state index in [0.29, 0.717) is 12.2 Å². The van der Waals surface area contributed by atoms with E-state index in [-0.39, 0.29) is 0 Å². The number of morpholine rings is 1. The minimum atomic E-state index is -0.826. The Bertz CT molecular complexity index is 343. The third kappa shape index (κ3) is 3.31. The summed E-state index contributed by atoms with van der Waals surface area (Å²) in [4.78, 5) is 13.4. The summed E-state index contributed by atoms with van der Waals surface area (Å²) in [7, 11) is 0. The van der Waals surface area contributed by atoms with Crippen molar-refractivity contribution in [2.45, 2.75) is 12.3 Å². The molecular weight excluding hydrogens is 222 g/mol. The van der Waals surface area contributed by atoms with Gasteiger partial charge in [-0.2, -0.15) is 0 Å². The minimum absolute atomic E-state index is 0.533. The summed E-state index contributed by atoms with van der Waals surface area (Å²) in [5.74, 6) is -0.841. The van der Waals surface area contributed by atoms with Crippen molar-refractivity contribution in [3.05, 3.63) is 24.2 Å². The fraction of sp³-hybridized carbons (Fsp3) is 0.583. The Morgan fingerprint density at radius 1 is 1.47 bits per heavy atom. The smallest absolute Gasteiger partial charge is 0.314 e. The molecule has 2 heterocycles. The van der Waals surface area contributed by atoms with Gasteiger partial charge in [-0.1, -0.05) is 0 Å². The van der Waals surface area contributed by atoms with E-state index in [4.69, 9.17) is 9.15 Å². The lowest BCUT2D eigenvalue weighted by Crippen LogP contribution is -2.37. The molecule has 1 atom stereocenters. The van der Waals surface area contributed by atoms with Gasteiger partial charge in [-0.15, -0.1) is 0 Å². The molecule has 1 aromatic heterocycles. The van der Waals surface area contributed by atoms with Crippen molar-refractivity contribution in [3.8, 4) is 0 Å². The Hall–Kier alpha value is -1.33. The molecule has 1 fully saturated rings. The molecule has 0 aromatic carbocycles. The number of aliphatic carboxylic acids is 1. The average Bonchev–Trinajstić information content (AvgIpc) is 2.84. The van der Waals surface area contributed by atoms with Crippen LogP contribution in [0.4, 0.5) is 0 Å². The molecule has 0 spiro atoms. The van der Waals surface area contributed by atoms with Crippen LogP contribution in [0, 0.1) is 0 Å². The summed E-state index contributed by atoms with van der Waals surface area (Å²) in [6.07, 6.45) is 2.09. The first kappa shape index (κ1) is 12.1. The predicted octanol–water partition coefficient (Wildman–Crippen LogP) is 1.17. The van der Waals surface area contributed by atoms with E-state index in [9.17, 15) is 9.90 Å². The zero-order chi connectivity index (χ0) is 12.1. The molecule has 0 radical (unpaired) electrons. The van der Waals surface area contributed by atoms with Crippen molar-refractivity contribution in [2.75, 3.05) is 32.8 Å². The highest BCUT2D eigenvalue weighted by molar-refractivity contribution is 5.75. The Labute approximate surface area is 100.0 Å². The van der Waals surface area contributed by atoms with Gasteiger partial charge in [-0.05, 0) is 25.1 Å². The topological polar surface area (TPSA) is 62.9 Å². The van der Waals surface area contributed by atoms with E-state index in [2.05, 4.69) is 4.90 Å². The Morgan fingerprint density at radius 3 is 2.82 bits per heavy atom. The van der Waals surface area contributed by atoms with Gasteiger partial charge >= 0.3 is 5.97 Å². The molecule has 0 saturated carbocycles. The van der Waals surface area contributed by atoms with E-state index < -0.39 is 11.9 Å². The number of carboxylic acids is 1. The number of ether oxygens (including phenoxy) is 1. The third-order valence-corrected chi connectivity index (χ3v) is 3.02. The maximum absolute atomic E-state index is 11.2. The molecule has 0 aliphatic carbocycles. The average molecular weight is 239 g/mol. The summed E-state index contributed by atoms with van der Waals surface area (Å²) in [6.45, 7) is 3.99. The van der Waals surface area contributed by atoms with Crippen LogP contribution in [-0.4, -0.2) is 48.8 Å². The Balaban J connectivity index is 1.88. The van der Waals surface area contributed by atoms with Crippen LogP contribution in [0.2, 0.25) is 0 Å². The molecule has 1 aliphatic rings. The molecule has 5 heteroatoms. The monoisotopic (exact) mass is 239 g/mol. The zero-order valence-electron chi connectivity index (χ0n) is 9.67. The van der Waals surface area contributed by atoms with Crippen LogP contribution >= 0.6 is 0 Å². The van der Waals surface area contributed by atoms with Gasteiger partial charge in [0.15, 0.2) is 0 Å². The van der Waals surface area contributed by atoms with E-state index in [1.54, 1.807) is 12.1 Å². The highest BCUT2D eigenvalue weighted by Gasteiger charge is 2.23. The largest absolute Gasteiger partial charge is 0.481 e. The number of carbonyl (C=O) groups is 1. The molecular formula is C12H17NO4. The van der Waals surface area contributed by atoms with Crippen molar-refractivity contribution in [1.29, 1.82) is 0 Å². The lowest BCUT2D eigenvalue weighted by atomic mass is 10.0. The fourth-order valence-corrected chi connectivity index (χ4v) is 2.01. The van der Waals surface area contributed by atoms with E-state index in [1.165, 1.54) is 6.26 Å². The number of rotatable bonds is 5. The maximum atomic E-state index is 11.2. The summed E-state index contributed by atoms with van der Waals surface area (Å²) >= 11 is 0. The van der Waals surface area contributed by atoms with Crippen molar-refractivity contribution in [3.63, 3.8) is 0 Å². The van der Waals surface area contributed by atoms with Gasteiger partial charge in [0.25, 0.3) is 0 Å². The molecule has 0 bridgehead atoms. The summed E-state index contributed by atoms with van der Waals surface area (Å²) < 4.78 is 10.4. The van der Waals surface area contributed by atoms with E-state index in [0.717, 1.165) is 32.8 Å². The number of furan rings is 1. The number of hydrogen-bond donors (Lipinski definition) is 1. The highest BCUT2D eigenvalue weighted by Crippen LogP contribution is 2.21. The third-order valence-electron chi connectivity index (χ3n) is 3.02. The van der Waals surface area contributed by atoms with Gasteiger partial charge in [0, 0.05) is 13.1 Å². The minimum Gasteiger partial charge on any atom is -0.481 e. The van der Waals surface area contributed by atoms with Crippen LogP contribution in [0.15, 0.2) is 22.8 Å². The Morgan fingerprint density at radius 2 is 2.24 bits per heavy atom. The first-order valence-corrected chi connectivity index (χ1v) is 5.83. The second kappa shape index (κ2) is 5.84. The van der Waals surface area contributed by atoms with Gasteiger partial charge in [0.2, 0.25) is 0 Å². The standard InChI is InChI=1S/C12H17NO4/c14-12(15)10(11-2-1-7-17-11)3-4-13-5-8-16-9-6-13/h1-2,7,10H,3-6,8-9H2,(H,14,15). The molecule has 1 unspecified atom stereocenters. The quantitative estimate of drug-likeness (QED) is 0.835. The summed E-state index contributed by atoms with van der Waals surface area (Å²) in [6, 6.07) is 3.44. The summed E-state index contributed by atoms with van der Waals surface area (Å²) in [5, 5.41) is 9.17. The summed E-state index contributed by atoms with van der Waals surface area (Å²) in [5.41, 5.74) is 0. The van der Waals surface area contributed by atoms with Gasteiger partial charge in [0.05, 0.1) is 19.5 Å². The number of carboxylic acid groups (broad SMARTS) is 1. The van der Waals surface area contributed by atoms with Crippen LogP contribution in [0.5, 0.6) is 0 Å². The van der Waals surface area contributed by atoms with Crippen LogP contribution in [0.3, 0.4) is 0 Å². The van der Waals surface area contributed by atoms with Crippen LogP contribution in [0.1, 0.15) is 18.1 Å². The molecule has 0 amide bonds. The van der Waals surface area contributed by atoms with Gasteiger partial charge in [-0.25, -0.2) is 0 Å². The molecule has 94 valence electrons. The van der Waals surface area contributed by atoms with E-state index >= 15 is 0 Å². The van der Waals surface area contributed by atoms with E-state index in [1.807, 2.05) is 0 Å². The fourth-order valence-electron chi connectivity index (χ4n) is 2.01. The second-order valence-corrected chi connectivity index (χ2v) is 4.15. The molecule has 2 rings (SSSR count). The predicted molar refractivity (Wildman–Crippen MR) is 61.0 cm³/mol. The second-order valence-electron chi connectivity index (χ2n) is 4.15. The van der Waals surface area contributed by atoms with Crippen LogP contribution in [0.25, 0.3) is 0 Å². The lowest BCUT2D eigenvalue weighted by Gasteiger charge is -2.27. The zero-order valence-corrected chi connectivity index (χ0v) is 9.67. The van der Waals surface area contributed by atoms with Crippen molar-refractivity contribution >= 4 is 5.97 Å². The Kier molecular flexibility index (Phi) is 4.17. The first-order valence-electron chi connectivity index (χ1n) is 5.83. The maximum Gasteiger partial charge on any atom is 0.314 e. The SMILES string of the molecule is O=C(O)C(CCN1CCOCC1)c1ccco1. The van der Waals surface area contributed by atoms with Crippen molar-refractivity contribution in [1.82, 2.24) is 4.90 Å². The van der Waals surface area contributed by atoms with Crippen LogP contribution in [-0.2, 0) is 9.53 Å². The molecule has 5 nitrogen and oxygen atoms in total. The van der Waals surface area contributed by atoms with Gasteiger partial charge in [0.1, 0.15) is 11.7 Å². The number of nitrogens with zero attached hydrogens (tertiary/aromatic N) is 1. The lowest BCUT2D eigenvalue weighted by molar-refractivity contribution is -0.139. The number of hydrogen-bond acceptors (Lipinski definition) is 4. The van der Waals surface area contributed by atoms with Gasteiger partial charge < -0.3 is 14.3 Å². The van der Waals surface area contributed by atoms with Crippen molar-refractivity contribution < 1.29 is 19.1 Å². The van der Waals surface area contributed by atoms with Crippen LogP contribution < -0.4 is 0 Å². The molecule has 1 aliphatic heterocycles. The molecule has 1 saturated heterocycles. The van der Waals surface area contributed by atoms with Crippen molar-refractivity contribution in [2.24, 2.45) is 0 Å². The highest BCUT2D eigenvalue weighted by atomic mass is 16.5. The van der Waals surface area contributed by atoms with Gasteiger partial charge in [-0.3, -0.25) is 9.69 Å².